The molecule has 0 radical (unpaired) electrons. The summed E-state index contributed by atoms with van der Waals surface area (Å²) in [5.74, 6) is 0. The smallest absolute Gasteiger partial charge is 0.0791 e. The topological polar surface area (TPSA) is 12.9 Å². The Morgan fingerprint density at radius 3 is 1.30 bits per heavy atom. The van der Waals surface area contributed by atoms with Gasteiger partial charge in [-0.3, -0.25) is 4.98 Å². The molecule has 20 heavy (non-hydrogen) atoms. The minimum atomic E-state index is 0.500. The summed E-state index contributed by atoms with van der Waals surface area (Å²) in [6, 6.07) is 0. The van der Waals surface area contributed by atoms with Gasteiger partial charge in [0.25, 0.3) is 0 Å². The summed E-state index contributed by atoms with van der Waals surface area (Å²) in [5, 5.41) is 1.93. The predicted molar refractivity (Wildman–Crippen MR) is 95.3 cm³/mol. The van der Waals surface area contributed by atoms with Crippen molar-refractivity contribution in [1.82, 2.24) is 4.98 Å². The van der Waals surface area contributed by atoms with Crippen LogP contribution in [-0.2, 0) is 0 Å². The molecule has 0 fully saturated rings. The van der Waals surface area contributed by atoms with Crippen LogP contribution in [0.3, 0.4) is 0 Å². The van der Waals surface area contributed by atoms with Crippen LogP contribution < -0.4 is 0 Å². The third-order valence-electron chi connectivity index (χ3n) is 1.00. The molecule has 1 heterocycles. The van der Waals surface area contributed by atoms with Crippen LogP contribution in [0.15, 0.2) is 41.4 Å². The number of hydrogen-bond donors (Lipinski definition) is 0. The van der Waals surface area contributed by atoms with E-state index in [0.717, 1.165) is 6.42 Å². The Morgan fingerprint density at radius 2 is 1.20 bits per heavy atom. The molecule has 2 heteroatoms. The number of aromatic nitrogens is 1. The molecule has 0 unspecified atom stereocenters. The van der Waals surface area contributed by atoms with Crippen molar-refractivity contribution in [3.05, 3.63) is 41.4 Å². The molecular weight excluding hydrogens is 262 g/mol. The van der Waals surface area contributed by atoms with Crippen LogP contribution in [0.25, 0.3) is 0 Å². The Morgan fingerprint density at radius 1 is 0.800 bits per heavy atom. The fourth-order valence-corrected chi connectivity index (χ4v) is 0.920. The van der Waals surface area contributed by atoms with E-state index in [0.29, 0.717) is 10.8 Å². The van der Waals surface area contributed by atoms with E-state index in [2.05, 4.69) is 84.7 Å². The summed E-state index contributed by atoms with van der Waals surface area (Å²) in [4.78, 5) is 3.74. The van der Waals surface area contributed by atoms with Crippen LogP contribution in [0.1, 0.15) is 61.8 Å². The van der Waals surface area contributed by atoms with Crippen molar-refractivity contribution in [3.8, 4) is 0 Å². The fraction of sp³-hybridized carbons (Fsp3) is 0.611. The first kappa shape index (κ1) is 21.4. The van der Waals surface area contributed by atoms with E-state index in [-0.39, 0.29) is 0 Å². The monoisotopic (exact) mass is 295 g/mol. The van der Waals surface area contributed by atoms with E-state index in [9.17, 15) is 0 Å². The maximum Gasteiger partial charge on any atom is 0.0791 e. The van der Waals surface area contributed by atoms with Gasteiger partial charge < -0.3 is 0 Å². The van der Waals surface area contributed by atoms with Crippen LogP contribution in [0.5, 0.6) is 0 Å². The highest BCUT2D eigenvalue weighted by atomic mass is 32.1. The summed E-state index contributed by atoms with van der Waals surface area (Å²) < 4.78 is 0. The lowest BCUT2D eigenvalue weighted by atomic mass is 10.0. The van der Waals surface area contributed by atoms with E-state index in [1.54, 1.807) is 23.0 Å². The molecule has 1 nitrogen and oxygen atoms in total. The van der Waals surface area contributed by atoms with Crippen molar-refractivity contribution in [3.63, 3.8) is 0 Å². The van der Waals surface area contributed by atoms with E-state index in [1.165, 1.54) is 0 Å². The number of rotatable bonds is 0. The van der Waals surface area contributed by atoms with Gasteiger partial charge >= 0.3 is 0 Å². The van der Waals surface area contributed by atoms with Crippen LogP contribution in [0.4, 0.5) is 0 Å². The molecule has 0 N–H and O–H groups in total. The van der Waals surface area contributed by atoms with Gasteiger partial charge in [-0.15, -0.1) is 11.3 Å². The molecule has 0 bridgehead atoms. The highest BCUT2D eigenvalue weighted by molar-refractivity contribution is 7.07. The number of thiazole rings is 1. The third-order valence-corrected chi connectivity index (χ3v) is 1.52. The fourth-order valence-electron chi connectivity index (χ4n) is 0.569. The highest BCUT2D eigenvalue weighted by Gasteiger charge is 1.96. The van der Waals surface area contributed by atoms with Crippen molar-refractivity contribution in [2.24, 2.45) is 10.8 Å². The lowest BCUT2D eigenvalue weighted by Crippen LogP contribution is -1.93. The van der Waals surface area contributed by atoms with E-state index in [4.69, 9.17) is 0 Å². The molecule has 2 rings (SSSR count). The molecule has 116 valence electrons. The van der Waals surface area contributed by atoms with Gasteiger partial charge in [-0.05, 0) is 17.3 Å². The second-order valence-corrected chi connectivity index (χ2v) is 8.52. The third kappa shape index (κ3) is 53.5. The van der Waals surface area contributed by atoms with Crippen LogP contribution in [-0.4, -0.2) is 4.98 Å². The summed E-state index contributed by atoms with van der Waals surface area (Å²) in [5.41, 5.74) is 2.79. The van der Waals surface area contributed by atoms with E-state index >= 15 is 0 Å². The van der Waals surface area contributed by atoms with Gasteiger partial charge in [-0.25, -0.2) is 0 Å². The molecular formula is C18H33NS. The zero-order chi connectivity index (χ0) is 16.1. The lowest BCUT2D eigenvalue weighted by molar-refractivity contribution is 0.469. The zero-order valence-electron chi connectivity index (χ0n) is 14.6. The van der Waals surface area contributed by atoms with Crippen molar-refractivity contribution >= 4 is 11.3 Å². The number of hydrogen-bond acceptors (Lipinski definition) is 2. The molecule has 1 aromatic heterocycles. The first-order chi connectivity index (χ1) is 9.00. The Kier molecular flexibility index (Phi) is 12.7. The minimum absolute atomic E-state index is 0.500. The molecule has 0 atom stereocenters. The van der Waals surface area contributed by atoms with E-state index < -0.39 is 0 Å². The Bertz CT molecular complexity index is 283. The highest BCUT2D eigenvalue weighted by Crippen LogP contribution is 2.08. The molecule has 0 aliphatic heterocycles. The second kappa shape index (κ2) is 11.9. The van der Waals surface area contributed by atoms with Gasteiger partial charge in [0.2, 0.25) is 0 Å². The average molecular weight is 296 g/mol. The Balaban J connectivity index is 0. The van der Waals surface area contributed by atoms with Gasteiger partial charge in [0, 0.05) is 11.6 Å². The van der Waals surface area contributed by atoms with Crippen molar-refractivity contribution in [1.29, 1.82) is 0 Å². The minimum Gasteiger partial charge on any atom is -0.253 e. The molecule has 1 aliphatic carbocycles. The van der Waals surface area contributed by atoms with Gasteiger partial charge in [0.05, 0.1) is 5.51 Å². The van der Waals surface area contributed by atoms with Crippen molar-refractivity contribution in [2.45, 2.75) is 61.8 Å². The van der Waals surface area contributed by atoms with Crippen molar-refractivity contribution in [2.75, 3.05) is 0 Å². The number of allylic oxidation sites excluding steroid dienone is 4. The average Bonchev–Trinajstić information content (AvgIpc) is 2.92. The molecule has 1 aliphatic rings. The second-order valence-electron chi connectivity index (χ2n) is 7.77. The van der Waals surface area contributed by atoms with Gasteiger partial charge in [-0.1, -0.05) is 79.7 Å². The van der Waals surface area contributed by atoms with Crippen LogP contribution in [0.2, 0.25) is 0 Å². The Hall–Kier alpha value is -0.890. The molecule has 0 aromatic carbocycles. The largest absolute Gasteiger partial charge is 0.253 e. The summed E-state index contributed by atoms with van der Waals surface area (Å²) >= 11 is 1.60. The first-order valence-electron chi connectivity index (χ1n) is 7.14. The van der Waals surface area contributed by atoms with Gasteiger partial charge in [-0.2, -0.15) is 0 Å². The molecule has 1 aromatic rings. The molecule has 0 spiro atoms. The van der Waals surface area contributed by atoms with Gasteiger partial charge in [0.1, 0.15) is 0 Å². The SMILES string of the molecule is C1=CCC=C1.CC(C)(C)C.CC(C)(C)C.c1cscn1. The predicted octanol–water partition coefficient (Wildman–Crippen LogP) is 6.75. The molecule has 0 amide bonds. The maximum atomic E-state index is 3.74. The quantitative estimate of drug-likeness (QED) is 0.516. The normalized spacial score (nSPS) is 12.4. The van der Waals surface area contributed by atoms with E-state index in [1.807, 2.05) is 5.38 Å². The summed E-state index contributed by atoms with van der Waals surface area (Å²) in [7, 11) is 0. The van der Waals surface area contributed by atoms with Crippen LogP contribution >= 0.6 is 11.3 Å². The van der Waals surface area contributed by atoms with Crippen LogP contribution in [0, 0.1) is 10.8 Å². The standard InChI is InChI=1S/C5H6.2C5H12.C3H3NS/c1-2-4-5-3-1;2*1-5(2,3)4;1-2-5-3-4-1/h1-4H,5H2;2*1-4H3;1-3H. The maximum absolute atomic E-state index is 3.74. The molecule has 0 saturated carbocycles. The molecule has 0 saturated heterocycles. The lowest BCUT2D eigenvalue weighted by Gasteiger charge is -2.05. The van der Waals surface area contributed by atoms with Gasteiger partial charge in [0.15, 0.2) is 0 Å². The Labute approximate surface area is 130 Å². The number of nitrogens with zero attached hydrogens (tertiary/aromatic N) is 1. The van der Waals surface area contributed by atoms with Crippen molar-refractivity contribution < 1.29 is 0 Å². The zero-order valence-corrected chi connectivity index (χ0v) is 15.4. The first-order valence-corrected chi connectivity index (χ1v) is 8.08. The summed E-state index contributed by atoms with van der Waals surface area (Å²) in [6.07, 6.45) is 11.3. The summed E-state index contributed by atoms with van der Waals surface area (Å²) in [6.45, 7) is 17.5.